The fraction of sp³-hybridized carbons (Fsp3) is 0.517. The number of aliphatic carboxylic acids is 1. The van der Waals surface area contributed by atoms with E-state index in [9.17, 15) is 26.7 Å². The van der Waals surface area contributed by atoms with Gasteiger partial charge in [0.25, 0.3) is 0 Å². The van der Waals surface area contributed by atoms with Crippen LogP contribution in [0.4, 0.5) is 26.7 Å². The first kappa shape index (κ1) is 34.6. The number of carboxylic acids is 1. The monoisotopic (exact) mass is 604 g/mol. The molecule has 2 aliphatic heterocycles. The number of benzene rings is 2. The van der Waals surface area contributed by atoms with Crippen molar-refractivity contribution in [2.75, 3.05) is 26.3 Å². The van der Waals surface area contributed by atoms with Crippen LogP contribution in [0.15, 0.2) is 48.5 Å². The largest absolute Gasteiger partial charge is 0.492 e. The van der Waals surface area contributed by atoms with Gasteiger partial charge in [0.15, 0.2) is 0 Å². The third kappa shape index (κ3) is 13.4. The Kier molecular flexibility index (Phi) is 13.3. The van der Waals surface area contributed by atoms with Crippen molar-refractivity contribution in [1.29, 1.82) is 0 Å². The number of rotatable bonds is 6. The lowest BCUT2D eigenvalue weighted by atomic mass is 10.2. The summed E-state index contributed by atoms with van der Waals surface area (Å²) in [5.74, 6) is -2.25. The van der Waals surface area contributed by atoms with Gasteiger partial charge in [-0.2, -0.15) is 13.2 Å². The van der Waals surface area contributed by atoms with Crippen molar-refractivity contribution < 1.29 is 50.9 Å². The van der Waals surface area contributed by atoms with E-state index in [0.29, 0.717) is 37.3 Å². The Balaban J connectivity index is 0.000000252. The van der Waals surface area contributed by atoms with Gasteiger partial charge in [0.1, 0.15) is 41.9 Å². The van der Waals surface area contributed by atoms with Crippen LogP contribution in [0.2, 0.25) is 0 Å². The topological polar surface area (TPSA) is 97.3 Å². The molecular formula is C29H37F5N2O6. The standard InChI is InChI=1S/C16H22FNO3.C11H14FNO.C2HF3O2/c1-16(2,3)21-15(19)18-9-5-7-13(18)11-20-14-8-4-6-12(17)10-14;12-9-3-1-5-11(7-9)14-8-10-4-2-6-13-10;3-2(4,5)1(6)7/h4,6,8,10,13H,5,7,9,11H2,1-3H3;1,3,5,7,10,13H,2,4,6,8H2;(H,6,7)/t13-;10-;/m00./s1. The highest BCUT2D eigenvalue weighted by atomic mass is 19.4. The number of nitrogens with one attached hydrogen (secondary N) is 1. The Bertz CT molecular complexity index is 1140. The summed E-state index contributed by atoms with van der Waals surface area (Å²) in [6, 6.07) is 12.7. The number of carbonyl (C=O) groups is 2. The van der Waals surface area contributed by atoms with Gasteiger partial charge < -0.3 is 29.5 Å². The summed E-state index contributed by atoms with van der Waals surface area (Å²) in [4.78, 5) is 22.7. The van der Waals surface area contributed by atoms with Crippen LogP contribution < -0.4 is 14.8 Å². The summed E-state index contributed by atoms with van der Waals surface area (Å²) in [5, 5.41) is 10.4. The number of ether oxygens (including phenoxy) is 3. The van der Waals surface area contributed by atoms with E-state index < -0.39 is 17.7 Å². The third-order valence-electron chi connectivity index (χ3n) is 5.90. The van der Waals surface area contributed by atoms with Gasteiger partial charge in [-0.3, -0.25) is 0 Å². The van der Waals surface area contributed by atoms with E-state index in [1.165, 1.54) is 30.7 Å². The molecule has 2 atom stereocenters. The molecule has 0 spiro atoms. The SMILES string of the molecule is CC(C)(C)OC(=O)N1CCC[C@H]1COc1cccc(F)c1.Fc1cccc(OC[C@@H]2CCCN2)c1.O=C(O)C(F)(F)F. The van der Waals surface area contributed by atoms with Crippen LogP contribution in [0.25, 0.3) is 0 Å². The second kappa shape index (κ2) is 16.1. The molecule has 0 aromatic heterocycles. The highest BCUT2D eigenvalue weighted by Gasteiger charge is 2.38. The molecule has 2 aromatic carbocycles. The van der Waals surface area contributed by atoms with Crippen molar-refractivity contribution in [3.8, 4) is 11.5 Å². The molecule has 42 heavy (non-hydrogen) atoms. The Morgan fingerprint density at radius 2 is 1.48 bits per heavy atom. The number of nitrogens with zero attached hydrogens (tertiary/aromatic N) is 1. The minimum Gasteiger partial charge on any atom is -0.492 e. The zero-order chi connectivity index (χ0) is 31.3. The maximum absolute atomic E-state index is 13.1. The number of amides is 1. The van der Waals surface area contributed by atoms with Crippen LogP contribution in [-0.4, -0.2) is 72.2 Å². The Hall–Kier alpha value is -3.61. The normalized spacial score (nSPS) is 18.2. The first-order chi connectivity index (χ1) is 19.6. The first-order valence-corrected chi connectivity index (χ1v) is 13.4. The van der Waals surface area contributed by atoms with E-state index in [0.717, 1.165) is 25.8 Å². The van der Waals surface area contributed by atoms with Gasteiger partial charge in [0, 0.05) is 24.7 Å². The zero-order valence-corrected chi connectivity index (χ0v) is 23.8. The van der Waals surface area contributed by atoms with Gasteiger partial charge in [0.05, 0.1) is 6.04 Å². The molecule has 8 nitrogen and oxygen atoms in total. The fourth-order valence-electron chi connectivity index (χ4n) is 3.97. The molecule has 1 amide bonds. The van der Waals surface area contributed by atoms with Gasteiger partial charge in [-0.1, -0.05) is 12.1 Å². The van der Waals surface area contributed by atoms with E-state index >= 15 is 0 Å². The summed E-state index contributed by atoms with van der Waals surface area (Å²) in [6.45, 7) is 8.26. The number of halogens is 5. The highest BCUT2D eigenvalue weighted by molar-refractivity contribution is 5.73. The maximum atomic E-state index is 13.1. The number of alkyl halides is 3. The Morgan fingerprint density at radius 1 is 0.929 bits per heavy atom. The lowest BCUT2D eigenvalue weighted by Gasteiger charge is -2.28. The molecule has 2 N–H and O–H groups in total. The average molecular weight is 605 g/mol. The van der Waals surface area contributed by atoms with E-state index in [1.54, 1.807) is 29.2 Å². The van der Waals surface area contributed by atoms with Crippen molar-refractivity contribution >= 4 is 12.1 Å². The molecule has 2 saturated heterocycles. The number of likely N-dealkylation sites (tertiary alicyclic amines) is 1. The average Bonchev–Trinajstić information content (AvgIpc) is 3.58. The summed E-state index contributed by atoms with van der Waals surface area (Å²) in [7, 11) is 0. The molecule has 0 saturated carbocycles. The van der Waals surface area contributed by atoms with Crippen LogP contribution in [0, 0.1) is 11.6 Å². The third-order valence-corrected chi connectivity index (χ3v) is 5.90. The number of hydrogen-bond acceptors (Lipinski definition) is 6. The van der Waals surface area contributed by atoms with Crippen molar-refractivity contribution in [2.24, 2.45) is 0 Å². The molecule has 2 fully saturated rings. The molecule has 2 heterocycles. The van der Waals surface area contributed by atoms with Crippen molar-refractivity contribution in [2.45, 2.75) is 70.3 Å². The summed E-state index contributed by atoms with van der Waals surface area (Å²) in [6.07, 6.45) is -1.25. The van der Waals surface area contributed by atoms with Crippen LogP contribution >= 0.6 is 0 Å². The molecular weight excluding hydrogens is 567 g/mol. The van der Waals surface area contributed by atoms with E-state index in [-0.39, 0.29) is 23.8 Å². The lowest BCUT2D eigenvalue weighted by molar-refractivity contribution is -0.192. The van der Waals surface area contributed by atoms with Gasteiger partial charge in [-0.15, -0.1) is 0 Å². The van der Waals surface area contributed by atoms with Crippen LogP contribution in [0.5, 0.6) is 11.5 Å². The molecule has 2 aliphatic rings. The van der Waals surface area contributed by atoms with Crippen molar-refractivity contribution in [3.05, 3.63) is 60.2 Å². The Labute approximate surface area is 241 Å². The maximum Gasteiger partial charge on any atom is 0.490 e. The van der Waals surface area contributed by atoms with Crippen LogP contribution in [0.3, 0.4) is 0 Å². The van der Waals surface area contributed by atoms with Gasteiger partial charge >= 0.3 is 18.2 Å². The van der Waals surface area contributed by atoms with E-state index in [2.05, 4.69) is 5.32 Å². The number of carboxylic acid groups (broad SMARTS) is 1. The molecule has 0 aliphatic carbocycles. The van der Waals surface area contributed by atoms with E-state index in [1.807, 2.05) is 20.8 Å². The number of hydrogen-bond donors (Lipinski definition) is 2. The quantitative estimate of drug-likeness (QED) is 0.380. The predicted molar refractivity (Wildman–Crippen MR) is 144 cm³/mol. The first-order valence-electron chi connectivity index (χ1n) is 13.4. The molecule has 0 unspecified atom stereocenters. The van der Waals surface area contributed by atoms with Crippen LogP contribution in [-0.2, 0) is 9.53 Å². The predicted octanol–water partition coefficient (Wildman–Crippen LogP) is 6.19. The Morgan fingerprint density at radius 3 is 1.93 bits per heavy atom. The zero-order valence-electron chi connectivity index (χ0n) is 23.8. The summed E-state index contributed by atoms with van der Waals surface area (Å²) < 4.78 is 74.1. The fourth-order valence-corrected chi connectivity index (χ4v) is 3.97. The van der Waals surface area contributed by atoms with Gasteiger partial charge in [-0.25, -0.2) is 18.4 Å². The highest BCUT2D eigenvalue weighted by Crippen LogP contribution is 2.22. The number of carbonyl (C=O) groups excluding carboxylic acids is 1. The summed E-state index contributed by atoms with van der Waals surface area (Å²) >= 11 is 0. The van der Waals surface area contributed by atoms with Crippen molar-refractivity contribution in [1.82, 2.24) is 10.2 Å². The molecule has 13 heteroatoms. The minimum atomic E-state index is -5.08. The minimum absolute atomic E-state index is 0.0249. The summed E-state index contributed by atoms with van der Waals surface area (Å²) in [5.41, 5.74) is -0.506. The van der Waals surface area contributed by atoms with Crippen LogP contribution in [0.1, 0.15) is 46.5 Å². The van der Waals surface area contributed by atoms with Gasteiger partial charge in [-0.05, 0) is 77.3 Å². The lowest BCUT2D eigenvalue weighted by Crippen LogP contribution is -2.42. The van der Waals surface area contributed by atoms with Crippen molar-refractivity contribution in [3.63, 3.8) is 0 Å². The smallest absolute Gasteiger partial charge is 0.490 e. The second-order valence-electron chi connectivity index (χ2n) is 10.6. The molecule has 2 aromatic rings. The molecule has 234 valence electrons. The molecule has 0 bridgehead atoms. The molecule has 0 radical (unpaired) electrons. The van der Waals surface area contributed by atoms with Gasteiger partial charge in [0.2, 0.25) is 0 Å². The molecule has 4 rings (SSSR count). The second-order valence-corrected chi connectivity index (χ2v) is 10.6. The van der Waals surface area contributed by atoms with E-state index in [4.69, 9.17) is 24.1 Å².